The first-order chi connectivity index (χ1) is 24.0. The number of carbonyl (C=O) groups excluding carboxylic acids is 4. The van der Waals surface area contributed by atoms with Gasteiger partial charge in [-0.25, -0.2) is 4.79 Å². The number of amides is 3. The van der Waals surface area contributed by atoms with Crippen molar-refractivity contribution < 1.29 is 75.1 Å². The van der Waals surface area contributed by atoms with E-state index in [-0.39, 0.29) is 76.0 Å². The smallest absolute Gasteiger partial charge is 0.467 e. The number of nitrogens with one attached hydrogen (secondary N) is 3. The van der Waals surface area contributed by atoms with Gasteiger partial charge in [-0.15, -0.1) is 0 Å². The number of aliphatic imine (C=N–C) groups is 1. The Kier molecular flexibility index (Phi) is 31.8. The molecule has 6 saturated carbocycles. The van der Waals surface area contributed by atoms with Gasteiger partial charge >= 0.3 is 57.2 Å². The van der Waals surface area contributed by atoms with Gasteiger partial charge < -0.3 is 10.1 Å². The van der Waals surface area contributed by atoms with Gasteiger partial charge in [-0.2, -0.15) is 0 Å². The van der Waals surface area contributed by atoms with Crippen LogP contribution in [0, 0.1) is 191 Å². The van der Waals surface area contributed by atoms with Gasteiger partial charge in [-0.3, -0.25) is 30.0 Å². The Balaban J connectivity index is 0.00000118. The third-order valence-corrected chi connectivity index (χ3v) is 6.62. The Hall–Kier alpha value is -0.892. The summed E-state index contributed by atoms with van der Waals surface area (Å²) in [6.07, 6.45) is 50.8. The van der Waals surface area contributed by atoms with Crippen molar-refractivity contribution in [1.82, 2.24) is 16.0 Å². The van der Waals surface area contributed by atoms with Crippen molar-refractivity contribution in [1.29, 1.82) is 0 Å². The minimum Gasteiger partial charge on any atom is -0.467 e. The van der Waals surface area contributed by atoms with E-state index in [1.165, 1.54) is 7.11 Å². The van der Waals surface area contributed by atoms with Crippen molar-refractivity contribution in [3.8, 4) is 0 Å². The fraction of sp³-hybridized carbons (Fsp3) is 0.125. The summed E-state index contributed by atoms with van der Waals surface area (Å²) in [5.41, 5.74) is 0. The summed E-state index contributed by atoms with van der Waals surface area (Å²) in [5, 5.41) is 7.86. The van der Waals surface area contributed by atoms with E-state index in [0.717, 1.165) is 0 Å². The Labute approximate surface area is 347 Å². The van der Waals surface area contributed by atoms with E-state index >= 15 is 0 Å². The summed E-state index contributed by atoms with van der Waals surface area (Å²) in [5.74, 6) is -0.492. The zero-order chi connectivity index (χ0) is 34.9. The molecule has 0 unspecified atom stereocenters. The van der Waals surface area contributed by atoms with Crippen LogP contribution in [0.5, 0.6) is 0 Å². The van der Waals surface area contributed by atoms with Gasteiger partial charge in [-0.05, 0) is 186 Å². The van der Waals surface area contributed by atoms with Crippen LogP contribution in [-0.2, 0) is 75.1 Å². The summed E-state index contributed by atoms with van der Waals surface area (Å²) in [4.78, 5) is 53.6. The summed E-state index contributed by atoms with van der Waals surface area (Å²) < 4.78 is 4.79. The molecule has 9 nitrogen and oxygen atoms in total. The van der Waals surface area contributed by atoms with Crippen LogP contribution < -0.4 is 16.0 Å². The number of methoxy groups -OCH3 is 1. The molecular formula is C40H40Fe3N4O5+6. The number of ether oxygens (including phenoxy) is 1. The Bertz CT molecular complexity index is 909. The van der Waals surface area contributed by atoms with Crippen molar-refractivity contribution in [2.24, 2.45) is 4.99 Å². The molecule has 0 saturated heterocycles. The van der Waals surface area contributed by atoms with Crippen LogP contribution in [0.3, 0.4) is 0 Å². The average molecular weight is 824 g/mol. The second kappa shape index (κ2) is 32.4. The minimum atomic E-state index is -0.858. The predicted octanol–water partition coefficient (Wildman–Crippen LogP) is 3.29. The van der Waals surface area contributed by atoms with E-state index in [2.05, 4.69) is 20.9 Å². The van der Waals surface area contributed by atoms with E-state index in [0.29, 0.717) is 24.2 Å². The fourth-order valence-electron chi connectivity index (χ4n) is 4.13. The van der Waals surface area contributed by atoms with Gasteiger partial charge in [0.15, 0.2) is 0 Å². The largest absolute Gasteiger partial charge is 2.00 e. The second-order valence-electron chi connectivity index (χ2n) is 10.2. The summed E-state index contributed by atoms with van der Waals surface area (Å²) in [7, 11) is 1.25. The van der Waals surface area contributed by atoms with E-state index in [9.17, 15) is 19.2 Å². The number of esters is 1. The molecule has 6 fully saturated rings. The predicted molar refractivity (Wildman–Crippen MR) is 188 cm³/mol. The molecule has 0 aliphatic heterocycles. The van der Waals surface area contributed by atoms with Crippen LogP contribution in [0.1, 0.15) is 12.8 Å². The third-order valence-electron chi connectivity index (χ3n) is 6.62. The molecule has 0 spiro atoms. The molecule has 0 aromatic rings. The van der Waals surface area contributed by atoms with E-state index in [1.807, 2.05) is 96.3 Å². The number of carbonyl (C=O) groups is 4. The van der Waals surface area contributed by atoms with Crippen LogP contribution in [0.15, 0.2) is 4.99 Å². The molecular weight excluding hydrogens is 784 g/mol. The third kappa shape index (κ3) is 21.9. The molecule has 0 bridgehead atoms. The molecule has 6 aliphatic rings. The van der Waals surface area contributed by atoms with E-state index < -0.39 is 23.8 Å². The zero-order valence-electron chi connectivity index (χ0n) is 28.3. The van der Waals surface area contributed by atoms with E-state index in [4.69, 9.17) is 4.74 Å². The quantitative estimate of drug-likeness (QED) is 0.108. The van der Waals surface area contributed by atoms with Crippen LogP contribution in [0.4, 0.5) is 0 Å². The van der Waals surface area contributed by atoms with Crippen LogP contribution >= 0.6 is 0 Å². The topological polar surface area (TPSA) is 126 Å². The maximum atomic E-state index is 12.4. The van der Waals surface area contributed by atoms with Gasteiger partial charge in [-0.1, -0.05) is 0 Å². The molecule has 0 heterocycles. The molecule has 30 radical (unpaired) electrons. The summed E-state index contributed by atoms with van der Waals surface area (Å²) in [6.45, 7) is 0.178. The normalized spacial score (nSPS) is 20.0. The molecule has 6 rings (SSSR count). The van der Waals surface area contributed by atoms with Gasteiger partial charge in [0.1, 0.15) is 6.04 Å². The Morgan fingerprint density at radius 3 is 1.13 bits per heavy atom. The number of hydrogen-bond acceptors (Lipinski definition) is 6. The standard InChI is InChI=1S/C25H25N4O5.3C5H5.3Fe/c1-34-24(33)20(27-21(30)17-9-2-3-10-17)15-8-16-26-25(28-22(31)18-11-4-5-12-18)29-23(32)19-13-6-7-14-19;3*1-2-4-5-3-1;;;/h2-7,9-14,20H,8,15-16H2,1H3,(H,27,30)(H2,26,28,29,31,32);3*1-5H;;;/q;;;;3*+2/t20-;;;;;;/m0....../s1. The van der Waals surface area contributed by atoms with Gasteiger partial charge in [0, 0.05) is 6.54 Å². The molecule has 268 valence electrons. The second-order valence-corrected chi connectivity index (χ2v) is 10.2. The molecule has 3 N–H and O–H groups in total. The maximum absolute atomic E-state index is 12.4. The van der Waals surface area contributed by atoms with Crippen LogP contribution in [0.25, 0.3) is 0 Å². The molecule has 0 aromatic carbocycles. The number of guanidine groups is 1. The number of hydrogen-bond donors (Lipinski definition) is 3. The van der Waals surface area contributed by atoms with Crippen molar-refractivity contribution in [3.05, 3.63) is 191 Å². The first kappa shape index (κ1) is 51.1. The van der Waals surface area contributed by atoms with E-state index in [1.54, 1.807) is 77.0 Å². The number of rotatable bonds is 9. The Morgan fingerprint density at radius 2 is 0.827 bits per heavy atom. The molecule has 6 aliphatic carbocycles. The summed E-state index contributed by atoms with van der Waals surface area (Å²) in [6, 6.07) is -0.858. The van der Waals surface area contributed by atoms with Crippen molar-refractivity contribution in [2.75, 3.05) is 13.7 Å². The SMILES string of the molecule is COC(=O)[C@H](CCCN=C(NC(=O)[C]1[CH][CH][CH][CH]1)NC(=O)[C]1[CH][CH][CH][CH]1)NC(=O)[C]1[CH][CH][CH][CH]1.[CH]1[CH][CH][CH][CH]1.[CH]1[CH][CH][CH][CH]1.[CH]1[CH][CH][CH][CH]1.[Fe+2].[Fe+2].[Fe+2]. The molecule has 12 heteroatoms. The van der Waals surface area contributed by atoms with Crippen LogP contribution in [-0.4, -0.2) is 49.3 Å². The van der Waals surface area contributed by atoms with Gasteiger partial charge in [0.25, 0.3) is 0 Å². The zero-order valence-corrected chi connectivity index (χ0v) is 31.6. The Morgan fingerprint density at radius 1 is 0.519 bits per heavy atom. The van der Waals surface area contributed by atoms with Crippen molar-refractivity contribution in [3.63, 3.8) is 0 Å². The van der Waals surface area contributed by atoms with Crippen LogP contribution in [0.2, 0.25) is 0 Å². The molecule has 1 atom stereocenters. The monoisotopic (exact) mass is 824 g/mol. The first-order valence-electron chi connectivity index (χ1n) is 15.7. The van der Waals surface area contributed by atoms with Crippen molar-refractivity contribution >= 4 is 29.7 Å². The van der Waals surface area contributed by atoms with Gasteiger partial charge in [0.05, 0.1) is 24.9 Å². The average Bonchev–Trinajstić information content (AvgIpc) is 3.99. The molecule has 0 aromatic heterocycles. The van der Waals surface area contributed by atoms with Crippen molar-refractivity contribution in [2.45, 2.75) is 18.9 Å². The van der Waals surface area contributed by atoms with Gasteiger partial charge in [0.2, 0.25) is 23.7 Å². The number of nitrogens with zero attached hydrogens (tertiary/aromatic N) is 1. The first-order valence-corrected chi connectivity index (χ1v) is 15.7. The maximum Gasteiger partial charge on any atom is 2.00 e. The molecule has 52 heavy (non-hydrogen) atoms. The molecule has 3 amide bonds. The summed E-state index contributed by atoms with van der Waals surface area (Å²) >= 11 is 0. The fourth-order valence-corrected chi connectivity index (χ4v) is 4.13. The minimum absolute atomic E-state index is 0.